The predicted molar refractivity (Wildman–Crippen MR) is 126 cm³/mol. The molecule has 2 aromatic rings. The fraction of sp³-hybridized carbons (Fsp3) is 0.391. The van der Waals surface area contributed by atoms with E-state index in [2.05, 4.69) is 53.6 Å². The van der Waals surface area contributed by atoms with E-state index in [4.69, 9.17) is 5.73 Å². The summed E-state index contributed by atoms with van der Waals surface area (Å²) in [6, 6.07) is 12.9. The van der Waals surface area contributed by atoms with Gasteiger partial charge in [0.25, 0.3) is 0 Å². The van der Waals surface area contributed by atoms with E-state index in [9.17, 15) is 8.78 Å². The zero-order chi connectivity index (χ0) is 22.4. The number of benzene rings is 2. The monoisotopic (exact) mass is 445 g/mol. The SMILES string of the molecule is CC(C)CN1CCN(c2cc(F)c(C=NNC(N)=S)cc2F)C[C@@H]1Cc1ccccc1. The number of nitrogens with one attached hydrogen (secondary N) is 1. The van der Waals surface area contributed by atoms with Crippen LogP contribution in [0.4, 0.5) is 14.5 Å². The third kappa shape index (κ3) is 6.45. The van der Waals surface area contributed by atoms with Crippen LogP contribution in [0.5, 0.6) is 0 Å². The van der Waals surface area contributed by atoms with Crippen LogP contribution in [0.15, 0.2) is 47.6 Å². The lowest BCUT2D eigenvalue weighted by Gasteiger charge is -2.43. The van der Waals surface area contributed by atoms with Crippen molar-refractivity contribution in [1.29, 1.82) is 0 Å². The van der Waals surface area contributed by atoms with E-state index in [1.54, 1.807) is 0 Å². The Labute approximate surface area is 187 Å². The molecule has 0 spiro atoms. The Hall–Kier alpha value is -2.58. The lowest BCUT2D eigenvalue weighted by Crippen LogP contribution is -2.55. The van der Waals surface area contributed by atoms with Gasteiger partial charge in [0.15, 0.2) is 5.11 Å². The van der Waals surface area contributed by atoms with Crippen LogP contribution in [-0.2, 0) is 6.42 Å². The Morgan fingerprint density at radius 3 is 2.65 bits per heavy atom. The topological polar surface area (TPSA) is 56.9 Å². The van der Waals surface area contributed by atoms with Gasteiger partial charge in [0.2, 0.25) is 0 Å². The molecule has 0 aliphatic carbocycles. The van der Waals surface area contributed by atoms with Crippen molar-refractivity contribution >= 4 is 29.2 Å². The fourth-order valence-electron chi connectivity index (χ4n) is 3.96. The molecule has 166 valence electrons. The van der Waals surface area contributed by atoms with Crippen LogP contribution < -0.4 is 16.1 Å². The van der Waals surface area contributed by atoms with Crippen LogP contribution in [0.1, 0.15) is 25.0 Å². The molecule has 0 saturated carbocycles. The van der Waals surface area contributed by atoms with Gasteiger partial charge in [0.1, 0.15) is 11.6 Å². The third-order valence-corrected chi connectivity index (χ3v) is 5.39. The van der Waals surface area contributed by atoms with Gasteiger partial charge in [-0.05, 0) is 36.2 Å². The number of piperazine rings is 1. The molecule has 8 heteroatoms. The highest BCUT2D eigenvalue weighted by Crippen LogP contribution is 2.27. The van der Waals surface area contributed by atoms with E-state index in [0.29, 0.717) is 19.0 Å². The van der Waals surface area contributed by atoms with Crippen molar-refractivity contribution < 1.29 is 8.78 Å². The number of anilines is 1. The van der Waals surface area contributed by atoms with Gasteiger partial charge in [0, 0.05) is 43.9 Å². The molecular formula is C23H29F2N5S. The molecule has 5 nitrogen and oxygen atoms in total. The Kier molecular flexibility index (Phi) is 7.92. The molecule has 1 heterocycles. The quantitative estimate of drug-likeness (QED) is 0.388. The second-order valence-electron chi connectivity index (χ2n) is 8.24. The maximum absolute atomic E-state index is 14.9. The summed E-state index contributed by atoms with van der Waals surface area (Å²) in [4.78, 5) is 4.40. The normalized spacial score (nSPS) is 17.5. The van der Waals surface area contributed by atoms with Gasteiger partial charge >= 0.3 is 0 Å². The molecule has 3 N–H and O–H groups in total. The van der Waals surface area contributed by atoms with Crippen LogP contribution in [0, 0.1) is 17.6 Å². The van der Waals surface area contributed by atoms with Crippen LogP contribution in [0.25, 0.3) is 0 Å². The Bertz CT molecular complexity index is 920. The van der Waals surface area contributed by atoms with Gasteiger partial charge in [-0.3, -0.25) is 10.3 Å². The van der Waals surface area contributed by atoms with Crippen LogP contribution in [-0.4, -0.2) is 48.4 Å². The molecule has 1 saturated heterocycles. The molecule has 1 aliphatic heterocycles. The largest absolute Gasteiger partial charge is 0.375 e. The first-order valence-electron chi connectivity index (χ1n) is 10.4. The molecule has 3 rings (SSSR count). The average Bonchev–Trinajstić information content (AvgIpc) is 2.72. The lowest BCUT2D eigenvalue weighted by atomic mass is 10.00. The standard InChI is InChI=1S/C23H29F2N5S/c1-16(2)14-29-8-9-30(15-19(29)10-17-6-4-3-5-7-17)22-12-20(24)18(11-21(22)25)13-27-28-23(26)31/h3-7,11-13,16,19H,8-10,14-15H2,1-2H3,(H3,26,28,31)/t19-/m0/s1. The number of thiocarbonyl (C=S) groups is 1. The smallest absolute Gasteiger partial charge is 0.184 e. The van der Waals surface area contributed by atoms with E-state index in [0.717, 1.165) is 25.6 Å². The summed E-state index contributed by atoms with van der Waals surface area (Å²) in [7, 11) is 0. The Morgan fingerprint density at radius 2 is 1.97 bits per heavy atom. The highest BCUT2D eigenvalue weighted by molar-refractivity contribution is 7.80. The highest BCUT2D eigenvalue weighted by Gasteiger charge is 2.29. The molecule has 31 heavy (non-hydrogen) atoms. The van der Waals surface area contributed by atoms with E-state index in [1.165, 1.54) is 17.8 Å². The summed E-state index contributed by atoms with van der Waals surface area (Å²) in [6.45, 7) is 7.46. The van der Waals surface area contributed by atoms with E-state index in [-0.39, 0.29) is 22.4 Å². The maximum atomic E-state index is 14.9. The Morgan fingerprint density at radius 1 is 1.23 bits per heavy atom. The summed E-state index contributed by atoms with van der Waals surface area (Å²) in [6.07, 6.45) is 2.03. The predicted octanol–water partition coefficient (Wildman–Crippen LogP) is 3.52. The van der Waals surface area contributed by atoms with Crippen molar-refractivity contribution in [1.82, 2.24) is 10.3 Å². The van der Waals surface area contributed by atoms with Gasteiger partial charge < -0.3 is 10.6 Å². The van der Waals surface area contributed by atoms with Gasteiger partial charge in [0.05, 0.1) is 11.9 Å². The number of halogens is 2. The zero-order valence-corrected chi connectivity index (χ0v) is 18.7. The third-order valence-electron chi connectivity index (χ3n) is 5.30. The highest BCUT2D eigenvalue weighted by atomic mass is 32.1. The van der Waals surface area contributed by atoms with Gasteiger partial charge in [-0.1, -0.05) is 44.2 Å². The molecule has 1 fully saturated rings. The van der Waals surface area contributed by atoms with Gasteiger partial charge in [-0.15, -0.1) is 0 Å². The summed E-state index contributed by atoms with van der Waals surface area (Å²) in [5.41, 5.74) is 9.18. The number of hydrogen-bond acceptors (Lipinski definition) is 4. The average molecular weight is 446 g/mol. The number of nitrogens with two attached hydrogens (primary N) is 1. The zero-order valence-electron chi connectivity index (χ0n) is 17.9. The van der Waals surface area contributed by atoms with E-state index in [1.807, 2.05) is 23.1 Å². The first-order valence-corrected chi connectivity index (χ1v) is 10.8. The van der Waals surface area contributed by atoms with Gasteiger partial charge in [-0.2, -0.15) is 5.10 Å². The van der Waals surface area contributed by atoms with Crippen molar-refractivity contribution in [2.45, 2.75) is 26.3 Å². The number of hydrazone groups is 1. The molecule has 0 amide bonds. The van der Waals surface area contributed by atoms with Crippen LogP contribution >= 0.6 is 12.2 Å². The number of rotatable bonds is 7. The number of nitrogens with zero attached hydrogens (tertiary/aromatic N) is 3. The van der Waals surface area contributed by atoms with Crippen molar-refractivity contribution in [3.8, 4) is 0 Å². The molecule has 1 atom stereocenters. The van der Waals surface area contributed by atoms with Gasteiger partial charge in [-0.25, -0.2) is 8.78 Å². The molecule has 1 aliphatic rings. The van der Waals surface area contributed by atoms with Crippen LogP contribution in [0.2, 0.25) is 0 Å². The van der Waals surface area contributed by atoms with Crippen molar-refractivity contribution in [3.05, 3.63) is 65.2 Å². The lowest BCUT2D eigenvalue weighted by molar-refractivity contribution is 0.156. The maximum Gasteiger partial charge on any atom is 0.184 e. The van der Waals surface area contributed by atoms with E-state index < -0.39 is 11.6 Å². The van der Waals surface area contributed by atoms with Crippen molar-refractivity contribution in [2.75, 3.05) is 31.1 Å². The minimum Gasteiger partial charge on any atom is -0.375 e. The van der Waals surface area contributed by atoms with Crippen molar-refractivity contribution in [2.24, 2.45) is 16.8 Å². The molecular weight excluding hydrogens is 416 g/mol. The fourth-order valence-corrected chi connectivity index (χ4v) is 4.01. The minimum absolute atomic E-state index is 0.0317. The second kappa shape index (κ2) is 10.6. The summed E-state index contributed by atoms with van der Waals surface area (Å²) in [5, 5.41) is 3.67. The second-order valence-corrected chi connectivity index (χ2v) is 8.68. The minimum atomic E-state index is -0.547. The summed E-state index contributed by atoms with van der Waals surface area (Å²) >= 11 is 4.64. The first-order chi connectivity index (χ1) is 14.8. The van der Waals surface area contributed by atoms with Crippen molar-refractivity contribution in [3.63, 3.8) is 0 Å². The summed E-state index contributed by atoms with van der Waals surface area (Å²) < 4.78 is 29.5. The molecule has 0 bridgehead atoms. The molecule has 2 aromatic carbocycles. The molecule has 0 unspecified atom stereocenters. The molecule has 0 radical (unpaired) electrons. The first kappa shape index (κ1) is 23.1. The Balaban J connectivity index is 1.79. The molecule has 0 aromatic heterocycles. The van der Waals surface area contributed by atoms with E-state index >= 15 is 0 Å². The summed E-state index contributed by atoms with van der Waals surface area (Å²) in [5.74, 6) is -0.490. The number of hydrogen-bond donors (Lipinski definition) is 2. The van der Waals surface area contributed by atoms with Crippen LogP contribution in [0.3, 0.4) is 0 Å².